The van der Waals surface area contributed by atoms with Crippen LogP contribution >= 0.6 is 0 Å². The van der Waals surface area contributed by atoms with Crippen molar-refractivity contribution in [3.8, 4) is 0 Å². The van der Waals surface area contributed by atoms with E-state index in [1.165, 1.54) is 25.1 Å². The van der Waals surface area contributed by atoms with E-state index in [4.69, 9.17) is 8.94 Å². The second-order valence-corrected chi connectivity index (χ2v) is 7.19. The van der Waals surface area contributed by atoms with Crippen molar-refractivity contribution in [3.05, 3.63) is 40.7 Å². The number of aryl methyl sites for hydroxylation is 3. The minimum Gasteiger partial charge on any atom is -0.465 e. The molecule has 23 heavy (non-hydrogen) atoms. The SMILES string of the molecule is Cc1ccc(CN2C[C@H]3C[C@H]2CN(Cc2c(C)noc2C)C3)o1. The third kappa shape index (κ3) is 2.95. The van der Waals surface area contributed by atoms with Crippen molar-refractivity contribution in [3.63, 3.8) is 0 Å². The number of rotatable bonds is 4. The summed E-state index contributed by atoms with van der Waals surface area (Å²) in [6.07, 6.45) is 1.32. The van der Waals surface area contributed by atoms with E-state index in [0.717, 1.165) is 48.5 Å². The summed E-state index contributed by atoms with van der Waals surface area (Å²) in [6.45, 7) is 11.4. The largest absolute Gasteiger partial charge is 0.465 e. The van der Waals surface area contributed by atoms with Gasteiger partial charge in [0.05, 0.1) is 12.2 Å². The Labute approximate surface area is 137 Å². The molecule has 0 amide bonds. The highest BCUT2D eigenvalue weighted by molar-refractivity contribution is 5.20. The molecule has 0 spiro atoms. The summed E-state index contributed by atoms with van der Waals surface area (Å²) < 4.78 is 11.1. The molecule has 0 aliphatic carbocycles. The van der Waals surface area contributed by atoms with Crippen LogP contribution < -0.4 is 0 Å². The van der Waals surface area contributed by atoms with Gasteiger partial charge in [0, 0.05) is 37.8 Å². The average Bonchev–Trinajstić information content (AvgIpc) is 3.14. The number of piperidine rings is 1. The molecule has 2 aliphatic heterocycles. The first-order valence-corrected chi connectivity index (χ1v) is 8.52. The molecular formula is C18H25N3O2. The van der Waals surface area contributed by atoms with E-state index in [2.05, 4.69) is 27.1 Å². The third-order valence-corrected chi connectivity index (χ3v) is 5.32. The highest BCUT2D eigenvalue weighted by atomic mass is 16.5. The molecule has 2 saturated heterocycles. The molecular weight excluding hydrogens is 290 g/mol. The maximum Gasteiger partial charge on any atom is 0.138 e. The van der Waals surface area contributed by atoms with Crippen LogP contribution in [0.1, 0.15) is 35.0 Å². The van der Waals surface area contributed by atoms with E-state index in [0.29, 0.717) is 6.04 Å². The Kier molecular flexibility index (Phi) is 3.77. The summed E-state index contributed by atoms with van der Waals surface area (Å²) >= 11 is 0. The molecule has 0 radical (unpaired) electrons. The Morgan fingerprint density at radius 1 is 1.13 bits per heavy atom. The van der Waals surface area contributed by atoms with Crippen molar-refractivity contribution in [1.29, 1.82) is 0 Å². The van der Waals surface area contributed by atoms with Crippen molar-refractivity contribution in [2.75, 3.05) is 19.6 Å². The van der Waals surface area contributed by atoms with Crippen molar-refractivity contribution < 1.29 is 8.94 Å². The van der Waals surface area contributed by atoms with Gasteiger partial charge >= 0.3 is 0 Å². The lowest BCUT2D eigenvalue weighted by atomic mass is 9.99. The molecule has 2 atom stereocenters. The third-order valence-electron chi connectivity index (χ3n) is 5.32. The second kappa shape index (κ2) is 5.80. The molecule has 0 saturated carbocycles. The van der Waals surface area contributed by atoms with Gasteiger partial charge in [-0.15, -0.1) is 0 Å². The Hall–Kier alpha value is -1.59. The lowest BCUT2D eigenvalue weighted by Crippen LogP contribution is -2.41. The maximum absolute atomic E-state index is 5.76. The van der Waals surface area contributed by atoms with E-state index in [-0.39, 0.29) is 0 Å². The molecule has 2 aromatic heterocycles. The van der Waals surface area contributed by atoms with Crippen LogP contribution in [0.2, 0.25) is 0 Å². The van der Waals surface area contributed by atoms with E-state index >= 15 is 0 Å². The topological polar surface area (TPSA) is 45.7 Å². The van der Waals surface area contributed by atoms with Crippen LogP contribution in [0, 0.1) is 26.7 Å². The number of aromatic nitrogens is 1. The highest BCUT2D eigenvalue weighted by Gasteiger charge is 2.38. The zero-order valence-corrected chi connectivity index (χ0v) is 14.2. The summed E-state index contributed by atoms with van der Waals surface area (Å²) in [6, 6.07) is 4.81. The number of hydrogen-bond donors (Lipinski definition) is 0. The molecule has 4 heterocycles. The van der Waals surface area contributed by atoms with Gasteiger partial charge in [0.15, 0.2) is 0 Å². The molecule has 2 aromatic rings. The fourth-order valence-corrected chi connectivity index (χ4v) is 4.19. The fraction of sp³-hybridized carbons (Fsp3) is 0.611. The Bertz CT molecular complexity index is 671. The Morgan fingerprint density at radius 3 is 2.70 bits per heavy atom. The van der Waals surface area contributed by atoms with Crippen LogP contribution in [0.3, 0.4) is 0 Å². The molecule has 2 fully saturated rings. The standard InChI is InChI=1S/C18H25N3O2/c1-12-4-5-17(22-12)10-21-8-15-6-16(21)9-20(7-15)11-18-13(2)19-23-14(18)3/h4-5,15-16H,6-11H2,1-3H3/t15-,16-/m0/s1. The zero-order valence-electron chi connectivity index (χ0n) is 14.2. The van der Waals surface area contributed by atoms with E-state index in [1.807, 2.05) is 20.8 Å². The molecule has 0 unspecified atom stereocenters. The molecule has 0 aromatic carbocycles. The highest BCUT2D eigenvalue weighted by Crippen LogP contribution is 2.32. The Balaban J connectivity index is 1.42. The number of likely N-dealkylation sites (tertiary alicyclic amines) is 2. The van der Waals surface area contributed by atoms with Crippen LogP contribution in [0.25, 0.3) is 0 Å². The predicted octanol–water partition coefficient (Wildman–Crippen LogP) is 2.90. The lowest BCUT2D eigenvalue weighted by molar-refractivity contribution is 0.148. The van der Waals surface area contributed by atoms with Gasteiger partial charge in [-0.1, -0.05) is 5.16 Å². The first kappa shape index (κ1) is 15.0. The Morgan fingerprint density at radius 2 is 2.00 bits per heavy atom. The van der Waals surface area contributed by atoms with Gasteiger partial charge in [0.1, 0.15) is 17.3 Å². The predicted molar refractivity (Wildman–Crippen MR) is 87.0 cm³/mol. The van der Waals surface area contributed by atoms with E-state index < -0.39 is 0 Å². The van der Waals surface area contributed by atoms with Gasteiger partial charge in [-0.05, 0) is 45.2 Å². The van der Waals surface area contributed by atoms with Crippen molar-refractivity contribution in [1.82, 2.24) is 15.0 Å². The fourth-order valence-electron chi connectivity index (χ4n) is 4.19. The minimum atomic E-state index is 0.639. The van der Waals surface area contributed by atoms with Gasteiger partial charge in [-0.3, -0.25) is 9.80 Å². The van der Waals surface area contributed by atoms with E-state index in [9.17, 15) is 0 Å². The number of furan rings is 1. The monoisotopic (exact) mass is 315 g/mol. The normalized spacial score (nSPS) is 25.3. The van der Waals surface area contributed by atoms with Crippen LogP contribution in [0.15, 0.2) is 21.1 Å². The van der Waals surface area contributed by atoms with E-state index in [1.54, 1.807) is 0 Å². The molecule has 2 aliphatic rings. The van der Waals surface area contributed by atoms with Gasteiger partial charge in [0.2, 0.25) is 0 Å². The molecule has 0 N–H and O–H groups in total. The summed E-state index contributed by atoms with van der Waals surface area (Å²) in [4.78, 5) is 5.16. The van der Waals surface area contributed by atoms with Crippen molar-refractivity contribution in [2.24, 2.45) is 5.92 Å². The number of hydrogen-bond acceptors (Lipinski definition) is 5. The van der Waals surface area contributed by atoms with Crippen LogP contribution in [-0.4, -0.2) is 40.6 Å². The van der Waals surface area contributed by atoms with Crippen LogP contribution in [-0.2, 0) is 13.1 Å². The average molecular weight is 315 g/mol. The van der Waals surface area contributed by atoms with Gasteiger partial charge in [-0.2, -0.15) is 0 Å². The van der Waals surface area contributed by atoms with Crippen molar-refractivity contribution >= 4 is 0 Å². The zero-order chi connectivity index (χ0) is 16.0. The minimum absolute atomic E-state index is 0.639. The quantitative estimate of drug-likeness (QED) is 0.868. The van der Waals surface area contributed by atoms with Crippen LogP contribution in [0.4, 0.5) is 0 Å². The van der Waals surface area contributed by atoms with Gasteiger partial charge < -0.3 is 8.94 Å². The first-order chi connectivity index (χ1) is 11.1. The van der Waals surface area contributed by atoms with Crippen molar-refractivity contribution in [2.45, 2.75) is 46.3 Å². The van der Waals surface area contributed by atoms with Crippen LogP contribution in [0.5, 0.6) is 0 Å². The van der Waals surface area contributed by atoms with Gasteiger partial charge in [-0.25, -0.2) is 0 Å². The summed E-state index contributed by atoms with van der Waals surface area (Å²) in [5.74, 6) is 3.82. The maximum atomic E-state index is 5.76. The smallest absolute Gasteiger partial charge is 0.138 e. The molecule has 4 rings (SSSR count). The second-order valence-electron chi connectivity index (χ2n) is 7.19. The summed E-state index contributed by atoms with van der Waals surface area (Å²) in [5.41, 5.74) is 2.29. The summed E-state index contributed by atoms with van der Waals surface area (Å²) in [5, 5.41) is 4.08. The lowest BCUT2D eigenvalue weighted by Gasteiger charge is -2.32. The molecule has 5 nitrogen and oxygen atoms in total. The summed E-state index contributed by atoms with van der Waals surface area (Å²) in [7, 11) is 0. The first-order valence-electron chi connectivity index (χ1n) is 8.52. The molecule has 2 bridgehead atoms. The molecule has 5 heteroatoms. The van der Waals surface area contributed by atoms with Gasteiger partial charge in [0.25, 0.3) is 0 Å². The number of nitrogens with zero attached hydrogens (tertiary/aromatic N) is 3. The molecule has 124 valence electrons. The number of fused-ring (bicyclic) bond motifs is 2.